The van der Waals surface area contributed by atoms with E-state index in [1.807, 2.05) is 0 Å². The minimum Gasteiger partial charge on any atom is -0.349 e. The summed E-state index contributed by atoms with van der Waals surface area (Å²) in [5.74, 6) is -0.419. The molecule has 1 aliphatic heterocycles. The van der Waals surface area contributed by atoms with Crippen molar-refractivity contribution in [3.8, 4) is 0 Å². The predicted molar refractivity (Wildman–Crippen MR) is 82.4 cm³/mol. The van der Waals surface area contributed by atoms with Gasteiger partial charge in [0.25, 0.3) is 5.91 Å². The van der Waals surface area contributed by atoms with Crippen molar-refractivity contribution in [2.75, 3.05) is 13.1 Å². The lowest BCUT2D eigenvalue weighted by molar-refractivity contribution is 0.0915. The van der Waals surface area contributed by atoms with E-state index in [0.717, 1.165) is 19.5 Å². The Morgan fingerprint density at radius 1 is 1.36 bits per heavy atom. The number of aromatic amines is 1. The van der Waals surface area contributed by atoms with Gasteiger partial charge in [0.2, 0.25) is 5.56 Å². The van der Waals surface area contributed by atoms with Gasteiger partial charge in [-0.25, -0.2) is 4.39 Å². The average molecular weight is 303 g/mol. The molecule has 1 saturated heterocycles. The van der Waals surface area contributed by atoms with Crippen molar-refractivity contribution in [1.82, 2.24) is 15.6 Å². The van der Waals surface area contributed by atoms with Gasteiger partial charge in [0.05, 0.1) is 11.1 Å². The minimum atomic E-state index is -0.451. The number of halogens is 1. The van der Waals surface area contributed by atoms with Gasteiger partial charge >= 0.3 is 0 Å². The number of carbonyl (C=O) groups excluding carboxylic acids is 1. The van der Waals surface area contributed by atoms with Crippen LogP contribution in [0.4, 0.5) is 4.39 Å². The quantitative estimate of drug-likeness (QED) is 0.785. The Bertz CT molecular complexity index is 772. The van der Waals surface area contributed by atoms with Crippen LogP contribution in [-0.4, -0.2) is 30.0 Å². The van der Waals surface area contributed by atoms with Crippen LogP contribution in [0.3, 0.4) is 0 Å². The molecule has 0 aliphatic carbocycles. The maximum atomic E-state index is 13.3. The largest absolute Gasteiger partial charge is 0.349 e. The molecule has 3 N–H and O–H groups in total. The maximum Gasteiger partial charge on any atom is 0.252 e. The second-order valence-electron chi connectivity index (χ2n) is 5.79. The fourth-order valence-corrected chi connectivity index (χ4v) is 2.89. The van der Waals surface area contributed by atoms with Gasteiger partial charge in [0, 0.05) is 17.5 Å². The van der Waals surface area contributed by atoms with Crippen molar-refractivity contribution in [2.24, 2.45) is 5.92 Å². The van der Waals surface area contributed by atoms with Gasteiger partial charge in [0.1, 0.15) is 5.82 Å². The molecule has 0 saturated carbocycles. The van der Waals surface area contributed by atoms with E-state index in [2.05, 4.69) is 22.5 Å². The van der Waals surface area contributed by atoms with Crippen LogP contribution in [0.15, 0.2) is 29.1 Å². The Balaban J connectivity index is 1.95. The lowest BCUT2D eigenvalue weighted by atomic mass is 9.95. The summed E-state index contributed by atoms with van der Waals surface area (Å²) in [6.45, 7) is 3.78. The Labute approximate surface area is 126 Å². The number of pyridine rings is 1. The third-order valence-corrected chi connectivity index (χ3v) is 4.15. The minimum absolute atomic E-state index is 0.0727. The summed E-state index contributed by atoms with van der Waals surface area (Å²) in [5, 5.41) is 6.81. The molecule has 6 heteroatoms. The molecule has 0 spiro atoms. The van der Waals surface area contributed by atoms with Crippen LogP contribution >= 0.6 is 0 Å². The second kappa shape index (κ2) is 5.88. The summed E-state index contributed by atoms with van der Waals surface area (Å²) in [4.78, 5) is 26.8. The Kier molecular flexibility index (Phi) is 3.94. The van der Waals surface area contributed by atoms with Crippen LogP contribution in [0.5, 0.6) is 0 Å². The monoisotopic (exact) mass is 303 g/mol. The lowest BCUT2D eigenvalue weighted by Gasteiger charge is -2.30. The smallest absolute Gasteiger partial charge is 0.252 e. The van der Waals surface area contributed by atoms with E-state index in [1.165, 1.54) is 24.3 Å². The molecule has 0 bridgehead atoms. The first-order chi connectivity index (χ1) is 10.5. The standard InChI is InChI=1S/C16H18FN3O2/c1-9-8-18-5-4-13(9)20-16(22)12-7-15(21)19-14-6-10(17)2-3-11(12)14/h2-3,6-7,9,13,18H,4-5,8H2,1H3,(H,19,21)(H,20,22). The normalized spacial score (nSPS) is 21.7. The van der Waals surface area contributed by atoms with Gasteiger partial charge in [-0.05, 0) is 43.6 Å². The highest BCUT2D eigenvalue weighted by atomic mass is 19.1. The molecule has 2 heterocycles. The topological polar surface area (TPSA) is 74.0 Å². The number of H-pyrrole nitrogens is 1. The Hall–Kier alpha value is -2.21. The Morgan fingerprint density at radius 3 is 2.95 bits per heavy atom. The van der Waals surface area contributed by atoms with Crippen LogP contribution in [0.2, 0.25) is 0 Å². The van der Waals surface area contributed by atoms with Gasteiger partial charge < -0.3 is 15.6 Å². The number of hydrogen-bond donors (Lipinski definition) is 3. The zero-order chi connectivity index (χ0) is 15.7. The molecule has 22 heavy (non-hydrogen) atoms. The SMILES string of the molecule is CC1CNCCC1NC(=O)c1cc(=O)[nH]c2cc(F)ccc12. The number of benzene rings is 1. The summed E-state index contributed by atoms with van der Waals surface area (Å²) in [5.41, 5.74) is 0.196. The van der Waals surface area contributed by atoms with E-state index in [-0.39, 0.29) is 17.5 Å². The van der Waals surface area contributed by atoms with Gasteiger partial charge in [-0.1, -0.05) is 6.92 Å². The van der Waals surface area contributed by atoms with Crippen molar-refractivity contribution >= 4 is 16.8 Å². The third kappa shape index (κ3) is 2.87. The van der Waals surface area contributed by atoms with Gasteiger partial charge in [-0.2, -0.15) is 0 Å². The van der Waals surface area contributed by atoms with Crippen LogP contribution in [0.1, 0.15) is 23.7 Å². The average Bonchev–Trinajstić information content (AvgIpc) is 2.48. The number of aromatic nitrogens is 1. The number of hydrogen-bond acceptors (Lipinski definition) is 3. The molecule has 5 nitrogen and oxygen atoms in total. The first-order valence-corrected chi connectivity index (χ1v) is 7.39. The lowest BCUT2D eigenvalue weighted by Crippen LogP contribution is -2.48. The van der Waals surface area contributed by atoms with Crippen LogP contribution in [0.25, 0.3) is 10.9 Å². The van der Waals surface area contributed by atoms with E-state index in [1.54, 1.807) is 0 Å². The number of carbonyl (C=O) groups is 1. The van der Waals surface area contributed by atoms with Crippen LogP contribution in [0, 0.1) is 11.7 Å². The fraction of sp³-hybridized carbons (Fsp3) is 0.375. The third-order valence-electron chi connectivity index (χ3n) is 4.15. The fourth-order valence-electron chi connectivity index (χ4n) is 2.89. The van der Waals surface area contributed by atoms with Gasteiger partial charge in [-0.15, -0.1) is 0 Å². The molecule has 1 aromatic heterocycles. The Morgan fingerprint density at radius 2 is 2.18 bits per heavy atom. The molecule has 1 aromatic carbocycles. The van der Waals surface area contributed by atoms with Crippen LogP contribution < -0.4 is 16.2 Å². The second-order valence-corrected chi connectivity index (χ2v) is 5.79. The number of amides is 1. The van der Waals surface area contributed by atoms with E-state index < -0.39 is 11.4 Å². The van der Waals surface area contributed by atoms with Crippen molar-refractivity contribution in [2.45, 2.75) is 19.4 Å². The molecule has 1 amide bonds. The molecule has 2 atom stereocenters. The van der Waals surface area contributed by atoms with Gasteiger partial charge in [0.15, 0.2) is 0 Å². The first kappa shape index (κ1) is 14.7. The van der Waals surface area contributed by atoms with Crippen molar-refractivity contribution in [1.29, 1.82) is 0 Å². The number of piperidine rings is 1. The highest BCUT2D eigenvalue weighted by Gasteiger charge is 2.24. The van der Waals surface area contributed by atoms with E-state index in [4.69, 9.17) is 0 Å². The van der Waals surface area contributed by atoms with Crippen LogP contribution in [-0.2, 0) is 0 Å². The molecule has 2 aromatic rings. The molecule has 1 fully saturated rings. The van der Waals surface area contributed by atoms with Crippen molar-refractivity contribution < 1.29 is 9.18 Å². The van der Waals surface area contributed by atoms with E-state index >= 15 is 0 Å². The predicted octanol–water partition coefficient (Wildman–Crippen LogP) is 1.40. The molecule has 3 rings (SSSR count). The van der Waals surface area contributed by atoms with Gasteiger partial charge in [-0.3, -0.25) is 9.59 Å². The maximum absolute atomic E-state index is 13.3. The summed E-state index contributed by atoms with van der Waals surface area (Å²) in [6, 6.07) is 5.36. The van der Waals surface area contributed by atoms with Crippen molar-refractivity contribution in [3.05, 3.63) is 46.0 Å². The molecule has 116 valence electrons. The summed E-state index contributed by atoms with van der Waals surface area (Å²) in [6.07, 6.45) is 0.850. The number of nitrogens with one attached hydrogen (secondary N) is 3. The number of fused-ring (bicyclic) bond motifs is 1. The zero-order valence-electron chi connectivity index (χ0n) is 12.3. The summed E-state index contributed by atoms with van der Waals surface area (Å²) >= 11 is 0. The van der Waals surface area contributed by atoms with E-state index in [0.29, 0.717) is 16.8 Å². The molecule has 2 unspecified atom stereocenters. The molecular weight excluding hydrogens is 285 g/mol. The van der Waals surface area contributed by atoms with Crippen molar-refractivity contribution in [3.63, 3.8) is 0 Å². The summed E-state index contributed by atoms with van der Waals surface area (Å²) in [7, 11) is 0. The highest BCUT2D eigenvalue weighted by Crippen LogP contribution is 2.18. The summed E-state index contributed by atoms with van der Waals surface area (Å²) < 4.78 is 13.3. The van der Waals surface area contributed by atoms with E-state index in [9.17, 15) is 14.0 Å². The molecule has 1 aliphatic rings. The zero-order valence-corrected chi connectivity index (χ0v) is 12.3. The molecule has 0 radical (unpaired) electrons. The first-order valence-electron chi connectivity index (χ1n) is 7.39. The molecular formula is C16H18FN3O2. The highest BCUT2D eigenvalue weighted by molar-refractivity contribution is 6.06. The number of rotatable bonds is 2.